The normalized spacial score (nSPS) is 12.5. The first-order valence-corrected chi connectivity index (χ1v) is 8.75. The molecule has 3 heteroatoms. The summed E-state index contributed by atoms with van der Waals surface area (Å²) in [5.74, 6) is 0.581. The van der Waals surface area contributed by atoms with Gasteiger partial charge in [-0.1, -0.05) is 36.8 Å². The van der Waals surface area contributed by atoms with Gasteiger partial charge < -0.3 is 5.32 Å². The maximum absolute atomic E-state index is 4.36. The fourth-order valence-electron chi connectivity index (χ4n) is 2.64. The minimum Gasteiger partial charge on any atom is -0.316 e. The number of hydrogen-bond acceptors (Lipinski definition) is 3. The summed E-state index contributed by atoms with van der Waals surface area (Å²) in [5.41, 5.74) is 5.97. The van der Waals surface area contributed by atoms with Crippen molar-refractivity contribution < 1.29 is 0 Å². The Bertz CT molecular complexity index is 548. The third kappa shape index (κ3) is 4.94. The Labute approximate surface area is 132 Å². The van der Waals surface area contributed by atoms with Crippen LogP contribution in [-0.4, -0.2) is 18.1 Å². The number of nitrogens with zero attached hydrogens (tertiary/aromatic N) is 1. The van der Waals surface area contributed by atoms with Crippen LogP contribution in [0.3, 0.4) is 0 Å². The van der Waals surface area contributed by atoms with Crippen LogP contribution >= 0.6 is 11.3 Å². The molecule has 0 saturated heterocycles. The van der Waals surface area contributed by atoms with Crippen molar-refractivity contribution >= 4 is 11.3 Å². The van der Waals surface area contributed by atoms with Crippen LogP contribution in [0.5, 0.6) is 0 Å². The van der Waals surface area contributed by atoms with E-state index in [0.29, 0.717) is 5.92 Å². The van der Waals surface area contributed by atoms with Crippen LogP contribution < -0.4 is 5.32 Å². The van der Waals surface area contributed by atoms with E-state index in [4.69, 9.17) is 0 Å². The molecule has 0 amide bonds. The van der Waals surface area contributed by atoms with Crippen LogP contribution in [-0.2, 0) is 6.42 Å². The molecule has 0 radical (unpaired) electrons. The second-order valence-electron chi connectivity index (χ2n) is 5.71. The van der Waals surface area contributed by atoms with Crippen molar-refractivity contribution in [2.75, 3.05) is 13.1 Å². The molecular formula is C18H26N2S. The molecular weight excluding hydrogens is 276 g/mol. The first-order valence-electron chi connectivity index (χ1n) is 7.87. The molecule has 2 aromatic rings. The van der Waals surface area contributed by atoms with Crippen LogP contribution in [0.15, 0.2) is 29.8 Å². The van der Waals surface area contributed by atoms with E-state index in [1.807, 2.05) is 5.51 Å². The fraction of sp³-hybridized carbons (Fsp3) is 0.500. The van der Waals surface area contributed by atoms with Crippen LogP contribution in [0.1, 0.15) is 47.4 Å². The topological polar surface area (TPSA) is 24.9 Å². The summed E-state index contributed by atoms with van der Waals surface area (Å²) in [6.45, 7) is 8.67. The quantitative estimate of drug-likeness (QED) is 0.727. The molecule has 21 heavy (non-hydrogen) atoms. The summed E-state index contributed by atoms with van der Waals surface area (Å²) in [5, 5.41) is 3.59. The summed E-state index contributed by atoms with van der Waals surface area (Å²) in [6, 6.07) is 8.95. The number of nitrogens with one attached hydrogen (secondary N) is 1. The first-order chi connectivity index (χ1) is 10.2. The van der Waals surface area contributed by atoms with Crippen molar-refractivity contribution in [3.63, 3.8) is 0 Å². The Morgan fingerprint density at radius 2 is 2.14 bits per heavy atom. The number of rotatable bonds is 8. The summed E-state index contributed by atoms with van der Waals surface area (Å²) in [6.07, 6.45) is 3.50. The maximum atomic E-state index is 4.36. The minimum absolute atomic E-state index is 0.581. The largest absolute Gasteiger partial charge is 0.316 e. The summed E-state index contributed by atoms with van der Waals surface area (Å²) < 4.78 is 0. The Hall–Kier alpha value is -1.19. The van der Waals surface area contributed by atoms with E-state index >= 15 is 0 Å². The Balaban J connectivity index is 2.03. The van der Waals surface area contributed by atoms with E-state index < -0.39 is 0 Å². The smallest absolute Gasteiger partial charge is 0.0797 e. The van der Waals surface area contributed by atoms with Gasteiger partial charge in [-0.15, -0.1) is 11.3 Å². The second kappa shape index (κ2) is 8.30. The number of aromatic nitrogens is 1. The van der Waals surface area contributed by atoms with Gasteiger partial charge >= 0.3 is 0 Å². The third-order valence-electron chi connectivity index (χ3n) is 3.90. The molecule has 1 aromatic heterocycles. The maximum Gasteiger partial charge on any atom is 0.0797 e. The van der Waals surface area contributed by atoms with Crippen molar-refractivity contribution in [2.45, 2.75) is 46.0 Å². The van der Waals surface area contributed by atoms with E-state index in [0.717, 1.165) is 19.5 Å². The van der Waals surface area contributed by atoms with Crippen LogP contribution in [0.4, 0.5) is 0 Å². The SMILES string of the molecule is CCCNCC(CCc1scnc1C)c1cccc(C)c1. The molecule has 0 saturated carbocycles. The van der Waals surface area contributed by atoms with Gasteiger partial charge in [0, 0.05) is 11.4 Å². The number of thiazole rings is 1. The Kier molecular flexibility index (Phi) is 6.40. The number of benzene rings is 1. The van der Waals surface area contributed by atoms with Gasteiger partial charge in [0.15, 0.2) is 0 Å². The van der Waals surface area contributed by atoms with Crippen LogP contribution in [0.2, 0.25) is 0 Å². The van der Waals surface area contributed by atoms with Gasteiger partial charge in [-0.25, -0.2) is 4.98 Å². The van der Waals surface area contributed by atoms with Gasteiger partial charge in [-0.2, -0.15) is 0 Å². The third-order valence-corrected chi connectivity index (χ3v) is 4.89. The highest BCUT2D eigenvalue weighted by Gasteiger charge is 2.13. The molecule has 2 nitrogen and oxygen atoms in total. The summed E-state index contributed by atoms with van der Waals surface area (Å²) >= 11 is 1.79. The van der Waals surface area contributed by atoms with Crippen molar-refractivity contribution in [3.05, 3.63) is 51.5 Å². The lowest BCUT2D eigenvalue weighted by Gasteiger charge is -2.18. The zero-order chi connectivity index (χ0) is 15.1. The minimum atomic E-state index is 0.581. The lowest BCUT2D eigenvalue weighted by molar-refractivity contribution is 0.549. The molecule has 114 valence electrons. The van der Waals surface area contributed by atoms with Gasteiger partial charge in [0.2, 0.25) is 0 Å². The molecule has 0 bridgehead atoms. The van der Waals surface area contributed by atoms with Crippen molar-refractivity contribution in [3.8, 4) is 0 Å². The predicted molar refractivity (Wildman–Crippen MR) is 92.3 cm³/mol. The molecule has 1 heterocycles. The second-order valence-corrected chi connectivity index (χ2v) is 6.65. The molecule has 0 fully saturated rings. The van der Waals surface area contributed by atoms with Gasteiger partial charge in [0.05, 0.1) is 11.2 Å². The molecule has 0 aliphatic heterocycles. The van der Waals surface area contributed by atoms with Crippen molar-refractivity contribution in [1.29, 1.82) is 0 Å². The lowest BCUT2D eigenvalue weighted by atomic mass is 9.92. The number of aryl methyl sites for hydroxylation is 3. The van der Waals surface area contributed by atoms with E-state index in [-0.39, 0.29) is 0 Å². The van der Waals surface area contributed by atoms with Gasteiger partial charge in [0.1, 0.15) is 0 Å². The van der Waals surface area contributed by atoms with Crippen LogP contribution in [0, 0.1) is 13.8 Å². The van der Waals surface area contributed by atoms with E-state index in [1.54, 1.807) is 11.3 Å². The molecule has 0 spiro atoms. The average molecular weight is 302 g/mol. The Morgan fingerprint density at radius 3 is 2.81 bits per heavy atom. The highest BCUT2D eigenvalue weighted by Crippen LogP contribution is 2.24. The van der Waals surface area contributed by atoms with Gasteiger partial charge in [-0.05, 0) is 51.1 Å². The molecule has 1 unspecified atom stereocenters. The molecule has 1 N–H and O–H groups in total. The monoisotopic (exact) mass is 302 g/mol. The van der Waals surface area contributed by atoms with Gasteiger partial charge in [-0.3, -0.25) is 0 Å². The molecule has 1 aromatic carbocycles. The molecule has 1 atom stereocenters. The summed E-state index contributed by atoms with van der Waals surface area (Å²) in [4.78, 5) is 5.79. The highest BCUT2D eigenvalue weighted by atomic mass is 32.1. The molecule has 2 rings (SSSR count). The van der Waals surface area contributed by atoms with Crippen molar-refractivity contribution in [1.82, 2.24) is 10.3 Å². The highest BCUT2D eigenvalue weighted by molar-refractivity contribution is 7.09. The average Bonchev–Trinajstić information content (AvgIpc) is 2.88. The zero-order valence-corrected chi connectivity index (χ0v) is 14.2. The van der Waals surface area contributed by atoms with Crippen LogP contribution in [0.25, 0.3) is 0 Å². The predicted octanol–water partition coefficient (Wildman–Crippen LogP) is 4.48. The number of hydrogen-bond donors (Lipinski definition) is 1. The summed E-state index contributed by atoms with van der Waals surface area (Å²) in [7, 11) is 0. The fourth-order valence-corrected chi connectivity index (χ4v) is 3.43. The van der Waals surface area contributed by atoms with E-state index in [2.05, 4.69) is 55.3 Å². The first kappa shape index (κ1) is 16.2. The lowest BCUT2D eigenvalue weighted by Crippen LogP contribution is -2.22. The molecule has 0 aliphatic rings. The van der Waals surface area contributed by atoms with E-state index in [1.165, 1.54) is 34.5 Å². The standard InChI is InChI=1S/C18H26N2S/c1-4-10-19-12-17(16-7-5-6-14(2)11-16)8-9-18-15(3)20-13-21-18/h5-7,11,13,17,19H,4,8-10,12H2,1-3H3. The molecule has 0 aliphatic carbocycles. The Morgan fingerprint density at radius 1 is 1.29 bits per heavy atom. The van der Waals surface area contributed by atoms with Gasteiger partial charge in [0.25, 0.3) is 0 Å². The zero-order valence-electron chi connectivity index (χ0n) is 13.4. The van der Waals surface area contributed by atoms with Crippen molar-refractivity contribution in [2.24, 2.45) is 0 Å². The van der Waals surface area contributed by atoms with E-state index in [9.17, 15) is 0 Å².